The van der Waals surface area contributed by atoms with Crippen LogP contribution in [0.15, 0.2) is 48.7 Å². The number of para-hydroxylation sites is 1. The first-order valence-electron chi connectivity index (χ1n) is 11.5. The first-order valence-corrected chi connectivity index (χ1v) is 11.5. The molecule has 1 aliphatic heterocycles. The molecule has 0 spiro atoms. The van der Waals surface area contributed by atoms with Gasteiger partial charge in [-0.2, -0.15) is 0 Å². The monoisotopic (exact) mass is 471 g/mol. The molecule has 0 saturated heterocycles. The Hall–Kier alpha value is -3.96. The number of aromatic nitrogens is 4. The Kier molecular flexibility index (Phi) is 5.65. The van der Waals surface area contributed by atoms with Crippen molar-refractivity contribution in [3.63, 3.8) is 0 Å². The lowest BCUT2D eigenvalue weighted by atomic mass is 10.1. The van der Waals surface area contributed by atoms with E-state index in [9.17, 15) is 14.3 Å². The molecule has 5 rings (SSSR count). The first kappa shape index (κ1) is 22.8. The SMILES string of the molecule is Cc1cc(C#CC(C)(C)O)cc(C(=O)NC(c2cc3ccccc3[nH]2)c2ncc3n2C[C@@H](F)C3)n1. The lowest BCUT2D eigenvalue weighted by Crippen LogP contribution is -2.32. The van der Waals surface area contributed by atoms with Crippen LogP contribution in [0, 0.1) is 18.8 Å². The van der Waals surface area contributed by atoms with Crippen LogP contribution in [0.25, 0.3) is 10.9 Å². The minimum Gasteiger partial charge on any atom is -0.378 e. The number of rotatable bonds is 4. The normalized spacial score (nSPS) is 16.0. The molecule has 1 aromatic carbocycles. The molecular formula is C27H26FN5O2. The van der Waals surface area contributed by atoms with Gasteiger partial charge in [0.25, 0.3) is 5.91 Å². The van der Waals surface area contributed by atoms with Crippen LogP contribution in [-0.2, 0) is 13.0 Å². The van der Waals surface area contributed by atoms with E-state index >= 15 is 0 Å². The Bertz CT molecular complexity index is 1450. The van der Waals surface area contributed by atoms with Crippen LogP contribution >= 0.6 is 0 Å². The Morgan fingerprint density at radius 1 is 1.31 bits per heavy atom. The summed E-state index contributed by atoms with van der Waals surface area (Å²) in [7, 11) is 0. The maximum atomic E-state index is 14.2. The third-order valence-electron chi connectivity index (χ3n) is 5.87. The summed E-state index contributed by atoms with van der Waals surface area (Å²) in [6.45, 7) is 5.18. The highest BCUT2D eigenvalue weighted by Crippen LogP contribution is 2.29. The zero-order valence-corrected chi connectivity index (χ0v) is 19.8. The fourth-order valence-electron chi connectivity index (χ4n) is 4.34. The average molecular weight is 472 g/mol. The molecule has 3 N–H and O–H groups in total. The van der Waals surface area contributed by atoms with E-state index in [1.54, 1.807) is 39.1 Å². The summed E-state index contributed by atoms with van der Waals surface area (Å²) >= 11 is 0. The van der Waals surface area contributed by atoms with Crippen molar-refractivity contribution in [1.29, 1.82) is 0 Å². The van der Waals surface area contributed by atoms with Gasteiger partial charge < -0.3 is 20.0 Å². The van der Waals surface area contributed by atoms with Gasteiger partial charge in [0.2, 0.25) is 0 Å². The molecule has 4 aromatic rings. The lowest BCUT2D eigenvalue weighted by molar-refractivity contribution is 0.0935. The number of hydrogen-bond donors (Lipinski definition) is 3. The predicted molar refractivity (Wildman–Crippen MR) is 131 cm³/mol. The molecule has 35 heavy (non-hydrogen) atoms. The van der Waals surface area contributed by atoms with E-state index in [0.29, 0.717) is 23.5 Å². The summed E-state index contributed by atoms with van der Waals surface area (Å²) < 4.78 is 16.0. The smallest absolute Gasteiger partial charge is 0.270 e. The molecular weight excluding hydrogens is 445 g/mol. The van der Waals surface area contributed by atoms with Gasteiger partial charge in [-0.15, -0.1) is 0 Å². The van der Waals surface area contributed by atoms with Crippen LogP contribution in [0.5, 0.6) is 0 Å². The van der Waals surface area contributed by atoms with Crippen molar-refractivity contribution in [2.45, 2.75) is 51.6 Å². The van der Waals surface area contributed by atoms with E-state index < -0.39 is 23.7 Å². The zero-order valence-electron chi connectivity index (χ0n) is 19.8. The molecule has 2 atom stereocenters. The third kappa shape index (κ3) is 4.81. The largest absolute Gasteiger partial charge is 0.378 e. The second-order valence-electron chi connectivity index (χ2n) is 9.43. The van der Waals surface area contributed by atoms with Crippen molar-refractivity contribution in [2.24, 2.45) is 0 Å². The maximum Gasteiger partial charge on any atom is 0.270 e. The number of nitrogens with one attached hydrogen (secondary N) is 2. The van der Waals surface area contributed by atoms with Crippen LogP contribution in [0.4, 0.5) is 4.39 Å². The Morgan fingerprint density at radius 3 is 2.89 bits per heavy atom. The fourth-order valence-corrected chi connectivity index (χ4v) is 4.34. The van der Waals surface area contributed by atoms with Crippen LogP contribution in [-0.4, -0.2) is 42.3 Å². The molecule has 1 aliphatic rings. The lowest BCUT2D eigenvalue weighted by Gasteiger charge is -2.19. The van der Waals surface area contributed by atoms with Gasteiger partial charge in [0, 0.05) is 40.8 Å². The van der Waals surface area contributed by atoms with Crippen molar-refractivity contribution in [3.8, 4) is 11.8 Å². The quantitative estimate of drug-likeness (QED) is 0.396. The van der Waals surface area contributed by atoms with Gasteiger partial charge in [-0.3, -0.25) is 4.79 Å². The van der Waals surface area contributed by atoms with Gasteiger partial charge in [0.05, 0.1) is 6.54 Å². The molecule has 0 radical (unpaired) electrons. The second kappa shape index (κ2) is 8.67. The Balaban J connectivity index is 1.53. The molecule has 0 saturated carbocycles. The third-order valence-corrected chi connectivity index (χ3v) is 5.87. The number of pyridine rings is 1. The van der Waals surface area contributed by atoms with Crippen molar-refractivity contribution in [2.75, 3.05) is 0 Å². The van der Waals surface area contributed by atoms with Crippen molar-refractivity contribution in [1.82, 2.24) is 24.8 Å². The van der Waals surface area contributed by atoms with Crippen LogP contribution < -0.4 is 5.32 Å². The minimum absolute atomic E-state index is 0.197. The van der Waals surface area contributed by atoms with Gasteiger partial charge in [0.1, 0.15) is 29.3 Å². The van der Waals surface area contributed by atoms with Gasteiger partial charge >= 0.3 is 0 Å². The zero-order chi connectivity index (χ0) is 24.7. The standard InChI is InChI=1S/C27H26FN5O2/c1-16-10-17(8-9-27(2,3)35)11-23(30-16)26(34)32-24(22-12-18-6-4-5-7-21(18)31-22)25-29-14-20-13-19(28)15-33(20)25/h4-7,10-12,14,19,24,31,35H,13,15H2,1-3H3,(H,32,34)/t19-,24?/m0/s1. The minimum atomic E-state index is -1.16. The van der Waals surface area contributed by atoms with Crippen LogP contribution in [0.2, 0.25) is 0 Å². The molecule has 0 aliphatic carbocycles. The average Bonchev–Trinajstić information content (AvgIpc) is 3.49. The van der Waals surface area contributed by atoms with E-state index in [-0.39, 0.29) is 12.2 Å². The molecule has 1 amide bonds. The van der Waals surface area contributed by atoms with E-state index in [1.807, 2.05) is 34.9 Å². The van der Waals surface area contributed by atoms with Crippen molar-refractivity contribution in [3.05, 3.63) is 82.8 Å². The number of halogens is 1. The summed E-state index contributed by atoms with van der Waals surface area (Å²) in [5, 5.41) is 14.0. The number of benzene rings is 1. The second-order valence-corrected chi connectivity index (χ2v) is 9.43. The number of aromatic amines is 1. The number of imidazole rings is 1. The van der Waals surface area contributed by atoms with Gasteiger partial charge in [-0.1, -0.05) is 30.0 Å². The van der Waals surface area contributed by atoms with E-state index in [1.165, 1.54) is 0 Å². The van der Waals surface area contributed by atoms with Gasteiger partial charge in [-0.05, 0) is 50.4 Å². The molecule has 1 unspecified atom stereocenters. The molecule has 178 valence electrons. The summed E-state index contributed by atoms with van der Waals surface area (Å²) in [5.41, 5.74) is 2.72. The first-order chi connectivity index (χ1) is 16.7. The molecule has 4 heterocycles. The number of carbonyl (C=O) groups is 1. The van der Waals surface area contributed by atoms with E-state index in [2.05, 4.69) is 32.1 Å². The highest BCUT2D eigenvalue weighted by Gasteiger charge is 2.30. The molecule has 3 aromatic heterocycles. The van der Waals surface area contributed by atoms with Gasteiger partial charge in [-0.25, -0.2) is 14.4 Å². The highest BCUT2D eigenvalue weighted by atomic mass is 19.1. The fraction of sp³-hybridized carbons (Fsp3) is 0.296. The number of nitrogens with zero attached hydrogens (tertiary/aromatic N) is 3. The summed E-state index contributed by atoms with van der Waals surface area (Å²) in [4.78, 5) is 25.7. The number of amides is 1. The number of hydrogen-bond acceptors (Lipinski definition) is 4. The summed E-state index contributed by atoms with van der Waals surface area (Å²) in [6.07, 6.45) is 1.01. The van der Waals surface area contributed by atoms with E-state index in [4.69, 9.17) is 0 Å². The number of alkyl halides is 1. The number of aryl methyl sites for hydroxylation is 1. The van der Waals surface area contributed by atoms with Crippen LogP contribution in [0.1, 0.15) is 58.8 Å². The Morgan fingerprint density at radius 2 is 2.11 bits per heavy atom. The molecule has 7 nitrogen and oxygen atoms in total. The topological polar surface area (TPSA) is 95.8 Å². The maximum absolute atomic E-state index is 14.2. The van der Waals surface area contributed by atoms with Crippen LogP contribution in [0.3, 0.4) is 0 Å². The highest BCUT2D eigenvalue weighted by molar-refractivity contribution is 5.93. The molecule has 0 fully saturated rings. The van der Waals surface area contributed by atoms with Gasteiger partial charge in [0.15, 0.2) is 0 Å². The van der Waals surface area contributed by atoms with Crippen molar-refractivity contribution < 1.29 is 14.3 Å². The summed E-state index contributed by atoms with van der Waals surface area (Å²) in [6, 6.07) is 12.5. The van der Waals surface area contributed by atoms with E-state index in [0.717, 1.165) is 22.3 Å². The number of carbonyl (C=O) groups excluding carboxylic acids is 1. The number of H-pyrrole nitrogens is 1. The number of aliphatic hydroxyl groups is 1. The molecule has 0 bridgehead atoms. The Labute approximate surface area is 202 Å². The number of fused-ring (bicyclic) bond motifs is 2. The molecule has 8 heteroatoms. The predicted octanol–water partition coefficient (Wildman–Crippen LogP) is 3.60. The van der Waals surface area contributed by atoms with Crippen molar-refractivity contribution >= 4 is 16.8 Å². The summed E-state index contributed by atoms with van der Waals surface area (Å²) in [5.74, 6) is 5.82.